The van der Waals surface area contributed by atoms with Crippen LogP contribution in [0.4, 0.5) is 0 Å². The number of primary amides is 1. The lowest BCUT2D eigenvalue weighted by molar-refractivity contribution is -0.130. The molecule has 0 radical (unpaired) electrons. The summed E-state index contributed by atoms with van der Waals surface area (Å²) in [4.78, 5) is 22.5. The second-order valence-corrected chi connectivity index (χ2v) is 4.55. The molecule has 3 heteroatoms. The molecule has 0 aromatic heterocycles. The molecule has 82 valence electrons. The Hall–Kier alpha value is -0.860. The molecule has 1 amide bonds. The van der Waals surface area contributed by atoms with E-state index in [4.69, 9.17) is 5.73 Å². The highest BCUT2D eigenvalue weighted by Gasteiger charge is 2.23. The molecular formula is C11H21NO2. The van der Waals surface area contributed by atoms with Gasteiger partial charge in [0.05, 0.1) is 0 Å². The fourth-order valence-corrected chi connectivity index (χ4v) is 1.58. The maximum Gasteiger partial charge on any atom is 0.218 e. The molecule has 0 aliphatic rings. The van der Waals surface area contributed by atoms with Gasteiger partial charge in [-0.3, -0.25) is 9.59 Å². The van der Waals surface area contributed by atoms with Crippen LogP contribution in [-0.4, -0.2) is 11.7 Å². The minimum absolute atomic E-state index is 0.0156. The number of ketones is 1. The Morgan fingerprint density at radius 1 is 1.14 bits per heavy atom. The van der Waals surface area contributed by atoms with Crippen molar-refractivity contribution in [2.45, 2.75) is 40.5 Å². The smallest absolute Gasteiger partial charge is 0.218 e. The summed E-state index contributed by atoms with van der Waals surface area (Å²) in [6.45, 7) is 7.80. The van der Waals surface area contributed by atoms with Gasteiger partial charge in [0.2, 0.25) is 5.91 Å². The summed E-state index contributed by atoms with van der Waals surface area (Å²) in [5.41, 5.74) is 5.12. The van der Waals surface area contributed by atoms with E-state index in [1.54, 1.807) is 0 Å². The first kappa shape index (κ1) is 13.1. The molecule has 1 unspecified atom stereocenters. The van der Waals surface area contributed by atoms with Crippen LogP contribution in [0.3, 0.4) is 0 Å². The summed E-state index contributed by atoms with van der Waals surface area (Å²) in [7, 11) is 0. The molecule has 0 aliphatic carbocycles. The van der Waals surface area contributed by atoms with Gasteiger partial charge >= 0.3 is 0 Å². The molecule has 1 atom stereocenters. The highest BCUT2D eigenvalue weighted by atomic mass is 16.1. The van der Waals surface area contributed by atoms with Crippen molar-refractivity contribution in [1.82, 2.24) is 0 Å². The third-order valence-electron chi connectivity index (χ3n) is 2.17. The number of nitrogens with two attached hydrogens (primary N) is 1. The summed E-state index contributed by atoms with van der Waals surface area (Å²) in [5, 5.41) is 0. The van der Waals surface area contributed by atoms with Crippen molar-refractivity contribution in [2.75, 3.05) is 0 Å². The SMILES string of the molecule is CC(C)CC(CC(N)=O)C(=O)C(C)C. The Morgan fingerprint density at radius 3 is 1.93 bits per heavy atom. The van der Waals surface area contributed by atoms with Crippen molar-refractivity contribution in [2.24, 2.45) is 23.5 Å². The molecule has 0 aromatic carbocycles. The zero-order valence-corrected chi connectivity index (χ0v) is 9.54. The molecule has 0 saturated heterocycles. The molecule has 0 rings (SSSR count). The van der Waals surface area contributed by atoms with Crippen LogP contribution in [0.2, 0.25) is 0 Å². The van der Waals surface area contributed by atoms with Crippen molar-refractivity contribution < 1.29 is 9.59 Å². The molecule has 0 saturated carbocycles. The van der Waals surface area contributed by atoms with Crippen LogP contribution < -0.4 is 5.73 Å². The zero-order chi connectivity index (χ0) is 11.3. The Morgan fingerprint density at radius 2 is 1.64 bits per heavy atom. The van der Waals surface area contributed by atoms with E-state index in [9.17, 15) is 9.59 Å². The lowest BCUT2D eigenvalue weighted by atomic mass is 9.86. The van der Waals surface area contributed by atoms with E-state index in [-0.39, 0.29) is 29.9 Å². The van der Waals surface area contributed by atoms with E-state index in [1.807, 2.05) is 27.7 Å². The standard InChI is InChI=1S/C11H21NO2/c1-7(2)5-9(6-10(12)13)11(14)8(3)4/h7-9H,5-6H2,1-4H3,(H2,12,13). The van der Waals surface area contributed by atoms with E-state index in [2.05, 4.69) is 0 Å². The predicted molar refractivity (Wildman–Crippen MR) is 56.6 cm³/mol. The highest BCUT2D eigenvalue weighted by molar-refractivity contribution is 5.87. The van der Waals surface area contributed by atoms with Crippen molar-refractivity contribution in [1.29, 1.82) is 0 Å². The lowest BCUT2D eigenvalue weighted by Crippen LogP contribution is -2.27. The average molecular weight is 199 g/mol. The molecule has 0 bridgehead atoms. The number of carbonyl (C=O) groups is 2. The fourth-order valence-electron chi connectivity index (χ4n) is 1.58. The van der Waals surface area contributed by atoms with Gasteiger partial charge in [0.25, 0.3) is 0 Å². The van der Waals surface area contributed by atoms with Crippen LogP contribution in [0.15, 0.2) is 0 Å². The van der Waals surface area contributed by atoms with Crippen LogP contribution in [0.25, 0.3) is 0 Å². The Labute approximate surface area is 86.1 Å². The van der Waals surface area contributed by atoms with Gasteiger partial charge in [0.15, 0.2) is 0 Å². The summed E-state index contributed by atoms with van der Waals surface area (Å²) in [6.07, 6.45) is 0.940. The first-order valence-electron chi connectivity index (χ1n) is 5.16. The highest BCUT2D eigenvalue weighted by Crippen LogP contribution is 2.19. The van der Waals surface area contributed by atoms with Crippen molar-refractivity contribution in [3.8, 4) is 0 Å². The van der Waals surface area contributed by atoms with E-state index in [1.165, 1.54) is 0 Å². The molecule has 0 spiro atoms. The van der Waals surface area contributed by atoms with E-state index in [0.29, 0.717) is 5.92 Å². The van der Waals surface area contributed by atoms with Crippen LogP contribution in [0.1, 0.15) is 40.5 Å². The van der Waals surface area contributed by atoms with Crippen LogP contribution >= 0.6 is 0 Å². The number of hydrogen-bond acceptors (Lipinski definition) is 2. The molecule has 14 heavy (non-hydrogen) atoms. The van der Waals surface area contributed by atoms with E-state index >= 15 is 0 Å². The third kappa shape index (κ3) is 5.00. The topological polar surface area (TPSA) is 60.2 Å². The van der Waals surface area contributed by atoms with Gasteiger partial charge in [-0.05, 0) is 12.3 Å². The number of Topliss-reactive ketones (excluding diaryl/α,β-unsaturated/α-hetero) is 1. The second kappa shape index (κ2) is 5.78. The second-order valence-electron chi connectivity index (χ2n) is 4.55. The zero-order valence-electron chi connectivity index (χ0n) is 9.54. The summed E-state index contributed by atoms with van der Waals surface area (Å²) in [6, 6.07) is 0. The first-order valence-corrected chi connectivity index (χ1v) is 5.16. The predicted octanol–water partition coefficient (Wildman–Crippen LogP) is 1.75. The normalized spacial score (nSPS) is 13.3. The average Bonchev–Trinajstić information content (AvgIpc) is 1.99. The molecule has 0 aromatic rings. The van der Waals surface area contributed by atoms with Crippen LogP contribution in [0.5, 0.6) is 0 Å². The molecule has 0 fully saturated rings. The van der Waals surface area contributed by atoms with Crippen LogP contribution in [0, 0.1) is 17.8 Å². The monoisotopic (exact) mass is 199 g/mol. The van der Waals surface area contributed by atoms with Gasteiger partial charge < -0.3 is 5.73 Å². The number of carbonyl (C=O) groups excluding carboxylic acids is 2. The Balaban J connectivity index is 4.38. The maximum atomic E-state index is 11.7. The van der Waals surface area contributed by atoms with Crippen molar-refractivity contribution in [3.63, 3.8) is 0 Å². The Bertz CT molecular complexity index is 209. The van der Waals surface area contributed by atoms with Gasteiger partial charge in [-0.15, -0.1) is 0 Å². The minimum Gasteiger partial charge on any atom is -0.370 e. The summed E-state index contributed by atoms with van der Waals surface area (Å²) >= 11 is 0. The van der Waals surface area contributed by atoms with Gasteiger partial charge in [-0.2, -0.15) is 0 Å². The van der Waals surface area contributed by atoms with Crippen molar-refractivity contribution in [3.05, 3.63) is 0 Å². The quantitative estimate of drug-likeness (QED) is 0.708. The molecule has 2 N–H and O–H groups in total. The fraction of sp³-hybridized carbons (Fsp3) is 0.818. The number of hydrogen-bond donors (Lipinski definition) is 1. The van der Waals surface area contributed by atoms with Gasteiger partial charge in [-0.1, -0.05) is 27.7 Å². The minimum atomic E-state index is -0.385. The van der Waals surface area contributed by atoms with Crippen LogP contribution in [-0.2, 0) is 9.59 Å². The number of rotatable bonds is 6. The molecule has 0 heterocycles. The van der Waals surface area contributed by atoms with E-state index in [0.717, 1.165) is 6.42 Å². The molecule has 0 aliphatic heterocycles. The van der Waals surface area contributed by atoms with Crippen molar-refractivity contribution >= 4 is 11.7 Å². The van der Waals surface area contributed by atoms with Gasteiger partial charge in [0.1, 0.15) is 5.78 Å². The van der Waals surface area contributed by atoms with E-state index < -0.39 is 0 Å². The maximum absolute atomic E-state index is 11.7. The summed E-state index contributed by atoms with van der Waals surface area (Å²) < 4.78 is 0. The molecular weight excluding hydrogens is 178 g/mol. The van der Waals surface area contributed by atoms with Gasteiger partial charge in [-0.25, -0.2) is 0 Å². The largest absolute Gasteiger partial charge is 0.370 e. The third-order valence-corrected chi connectivity index (χ3v) is 2.17. The lowest BCUT2D eigenvalue weighted by Gasteiger charge is -2.18. The summed E-state index contributed by atoms with van der Waals surface area (Å²) in [5.74, 6) is -0.0187. The first-order chi connectivity index (χ1) is 6.34. The van der Waals surface area contributed by atoms with Gasteiger partial charge in [0, 0.05) is 18.3 Å². The Kier molecular flexibility index (Phi) is 5.43. The molecule has 3 nitrogen and oxygen atoms in total. The number of amides is 1.